The molecule has 0 aromatic rings. The molecule has 0 bridgehead atoms. The molecule has 1 rings (SSSR count). The first-order chi connectivity index (χ1) is 6.49. The molecule has 0 atom stereocenters. The topological polar surface area (TPSA) is 71.4 Å². The third-order valence-corrected chi connectivity index (χ3v) is 3.69. The van der Waals surface area contributed by atoms with Crippen LogP contribution < -0.4 is 0 Å². The quantitative estimate of drug-likeness (QED) is 0.692. The lowest BCUT2D eigenvalue weighted by Gasteiger charge is -2.13. The number of carboxylic acid groups (broad SMARTS) is 1. The molecule has 0 aliphatic carbocycles. The Labute approximate surface area is 82.9 Å². The first kappa shape index (κ1) is 11.0. The molecular formula is C9H12O4S. The van der Waals surface area contributed by atoms with Crippen LogP contribution in [0.25, 0.3) is 0 Å². The zero-order chi connectivity index (χ0) is 10.6. The van der Waals surface area contributed by atoms with E-state index in [-0.39, 0.29) is 11.5 Å². The van der Waals surface area contributed by atoms with Crippen LogP contribution in [0.2, 0.25) is 0 Å². The van der Waals surface area contributed by atoms with E-state index < -0.39 is 15.8 Å². The first-order valence-electron chi connectivity index (χ1n) is 4.29. The largest absolute Gasteiger partial charge is 0.478 e. The fraction of sp³-hybridized carbons (Fsp3) is 0.444. The molecule has 78 valence electrons. The van der Waals surface area contributed by atoms with Gasteiger partial charge in [0.25, 0.3) is 0 Å². The van der Waals surface area contributed by atoms with Gasteiger partial charge in [0.2, 0.25) is 0 Å². The third kappa shape index (κ3) is 3.74. The number of rotatable bonds is 2. The van der Waals surface area contributed by atoms with E-state index >= 15 is 0 Å². The third-order valence-electron chi connectivity index (χ3n) is 2.04. The summed E-state index contributed by atoms with van der Waals surface area (Å²) in [5.41, 5.74) is 0.998. The molecule has 1 fully saturated rings. The number of carbonyl (C=O) groups is 1. The Kier molecular flexibility index (Phi) is 3.46. The summed E-state index contributed by atoms with van der Waals surface area (Å²) in [6.45, 7) is 0. The molecule has 5 heteroatoms. The van der Waals surface area contributed by atoms with Crippen molar-refractivity contribution in [3.63, 3.8) is 0 Å². The Morgan fingerprint density at radius 3 is 2.36 bits per heavy atom. The molecule has 0 amide bonds. The Hall–Kier alpha value is -1.10. The van der Waals surface area contributed by atoms with Gasteiger partial charge in [-0.05, 0) is 12.8 Å². The molecule has 1 heterocycles. The van der Waals surface area contributed by atoms with Crippen molar-refractivity contribution in [1.82, 2.24) is 0 Å². The monoisotopic (exact) mass is 216 g/mol. The summed E-state index contributed by atoms with van der Waals surface area (Å²) in [6, 6.07) is 0. The Morgan fingerprint density at radius 1 is 1.29 bits per heavy atom. The highest BCUT2D eigenvalue weighted by molar-refractivity contribution is 7.91. The summed E-state index contributed by atoms with van der Waals surface area (Å²) in [6.07, 6.45) is 5.20. The smallest absolute Gasteiger partial charge is 0.328 e. The van der Waals surface area contributed by atoms with E-state index in [1.807, 2.05) is 0 Å². The summed E-state index contributed by atoms with van der Waals surface area (Å²) < 4.78 is 22.1. The Bertz CT molecular complexity index is 360. The minimum atomic E-state index is -2.84. The van der Waals surface area contributed by atoms with Gasteiger partial charge in [0.1, 0.15) is 0 Å². The SMILES string of the molecule is O=C(O)/C=C/C=C1CCS(=O)(=O)CC1. The molecule has 0 aromatic carbocycles. The molecule has 0 radical (unpaired) electrons. The van der Waals surface area contributed by atoms with Crippen molar-refractivity contribution in [3.8, 4) is 0 Å². The molecule has 4 nitrogen and oxygen atoms in total. The second kappa shape index (κ2) is 4.41. The highest BCUT2D eigenvalue weighted by Gasteiger charge is 2.17. The maximum atomic E-state index is 11.0. The predicted octanol–water partition coefficient (Wildman–Crippen LogP) is 0.762. The van der Waals surface area contributed by atoms with Gasteiger partial charge in [-0.15, -0.1) is 0 Å². The zero-order valence-electron chi connectivity index (χ0n) is 7.64. The van der Waals surface area contributed by atoms with Crippen LogP contribution in [0, 0.1) is 0 Å². The van der Waals surface area contributed by atoms with Crippen LogP contribution in [-0.2, 0) is 14.6 Å². The van der Waals surface area contributed by atoms with Gasteiger partial charge in [0.15, 0.2) is 9.84 Å². The Balaban J connectivity index is 2.54. The van der Waals surface area contributed by atoms with E-state index in [9.17, 15) is 13.2 Å². The lowest BCUT2D eigenvalue weighted by Crippen LogP contribution is -2.17. The molecule has 1 saturated heterocycles. The van der Waals surface area contributed by atoms with Gasteiger partial charge in [-0.1, -0.05) is 17.7 Å². The minimum absolute atomic E-state index is 0.180. The van der Waals surface area contributed by atoms with Crippen molar-refractivity contribution < 1.29 is 18.3 Å². The fourth-order valence-corrected chi connectivity index (χ4v) is 2.58. The van der Waals surface area contributed by atoms with Crippen LogP contribution in [0.4, 0.5) is 0 Å². The van der Waals surface area contributed by atoms with Crippen molar-refractivity contribution in [2.75, 3.05) is 11.5 Å². The lowest BCUT2D eigenvalue weighted by molar-refractivity contribution is -0.131. The number of hydrogen-bond donors (Lipinski definition) is 1. The van der Waals surface area contributed by atoms with Gasteiger partial charge in [-0.3, -0.25) is 0 Å². The van der Waals surface area contributed by atoms with E-state index in [0.717, 1.165) is 11.6 Å². The standard InChI is InChI=1S/C9H12O4S/c10-9(11)3-1-2-8-4-6-14(12,13)7-5-8/h1-3H,4-7H2,(H,10,11)/b3-1+. The van der Waals surface area contributed by atoms with Crippen molar-refractivity contribution in [3.05, 3.63) is 23.8 Å². The molecule has 0 saturated carbocycles. The zero-order valence-corrected chi connectivity index (χ0v) is 8.46. The first-order valence-corrected chi connectivity index (χ1v) is 6.11. The van der Waals surface area contributed by atoms with Crippen LogP contribution in [0.1, 0.15) is 12.8 Å². The van der Waals surface area contributed by atoms with Crippen LogP contribution in [0.15, 0.2) is 23.8 Å². The van der Waals surface area contributed by atoms with E-state index in [0.29, 0.717) is 12.8 Å². The summed E-state index contributed by atoms with van der Waals surface area (Å²) >= 11 is 0. The molecule has 0 aromatic heterocycles. The van der Waals surface area contributed by atoms with Crippen LogP contribution in [0.3, 0.4) is 0 Å². The highest BCUT2D eigenvalue weighted by atomic mass is 32.2. The number of sulfone groups is 1. The highest BCUT2D eigenvalue weighted by Crippen LogP contribution is 2.17. The molecule has 0 unspecified atom stereocenters. The average Bonchev–Trinajstić information content (AvgIpc) is 2.07. The van der Waals surface area contributed by atoms with Gasteiger partial charge in [-0.25, -0.2) is 13.2 Å². The van der Waals surface area contributed by atoms with Gasteiger partial charge in [-0.2, -0.15) is 0 Å². The molecular weight excluding hydrogens is 204 g/mol. The molecule has 1 aliphatic heterocycles. The van der Waals surface area contributed by atoms with Crippen LogP contribution >= 0.6 is 0 Å². The second-order valence-electron chi connectivity index (χ2n) is 3.17. The Morgan fingerprint density at radius 2 is 1.86 bits per heavy atom. The molecule has 0 spiro atoms. The summed E-state index contributed by atoms with van der Waals surface area (Å²) in [7, 11) is -2.84. The number of carboxylic acids is 1. The van der Waals surface area contributed by atoms with Crippen molar-refractivity contribution >= 4 is 15.8 Å². The number of allylic oxidation sites excluding steroid dienone is 3. The van der Waals surface area contributed by atoms with Gasteiger partial charge in [0, 0.05) is 6.08 Å². The molecule has 1 aliphatic rings. The summed E-state index contributed by atoms with van der Waals surface area (Å²) in [5.74, 6) is -0.635. The van der Waals surface area contributed by atoms with Crippen molar-refractivity contribution in [2.24, 2.45) is 0 Å². The number of aliphatic carboxylic acids is 1. The van der Waals surface area contributed by atoms with Gasteiger partial charge < -0.3 is 5.11 Å². The maximum absolute atomic E-state index is 11.0. The van der Waals surface area contributed by atoms with Gasteiger partial charge in [0.05, 0.1) is 11.5 Å². The van der Waals surface area contributed by atoms with Crippen LogP contribution in [-0.4, -0.2) is 31.0 Å². The lowest BCUT2D eigenvalue weighted by atomic mass is 10.1. The summed E-state index contributed by atoms with van der Waals surface area (Å²) in [4.78, 5) is 10.1. The van der Waals surface area contributed by atoms with Gasteiger partial charge >= 0.3 is 5.97 Å². The van der Waals surface area contributed by atoms with E-state index in [2.05, 4.69) is 0 Å². The predicted molar refractivity (Wildman–Crippen MR) is 52.7 cm³/mol. The minimum Gasteiger partial charge on any atom is -0.478 e. The van der Waals surface area contributed by atoms with Crippen LogP contribution in [0.5, 0.6) is 0 Å². The van der Waals surface area contributed by atoms with E-state index in [4.69, 9.17) is 5.11 Å². The molecule has 1 N–H and O–H groups in total. The number of hydrogen-bond acceptors (Lipinski definition) is 3. The fourth-order valence-electron chi connectivity index (χ4n) is 1.23. The summed E-state index contributed by atoms with van der Waals surface area (Å²) in [5, 5.41) is 8.31. The maximum Gasteiger partial charge on any atom is 0.328 e. The van der Waals surface area contributed by atoms with E-state index in [1.54, 1.807) is 6.08 Å². The van der Waals surface area contributed by atoms with Crippen molar-refractivity contribution in [1.29, 1.82) is 0 Å². The second-order valence-corrected chi connectivity index (χ2v) is 5.48. The van der Waals surface area contributed by atoms with E-state index in [1.165, 1.54) is 6.08 Å². The molecule has 14 heavy (non-hydrogen) atoms. The normalized spacial score (nSPS) is 21.0. The average molecular weight is 216 g/mol. The van der Waals surface area contributed by atoms with Crippen molar-refractivity contribution in [2.45, 2.75) is 12.8 Å².